The van der Waals surface area contributed by atoms with Crippen LogP contribution >= 0.6 is 11.6 Å². The van der Waals surface area contributed by atoms with Crippen molar-refractivity contribution in [1.82, 2.24) is 14.6 Å². The quantitative estimate of drug-likeness (QED) is 0.879. The maximum atomic E-state index is 12.4. The summed E-state index contributed by atoms with van der Waals surface area (Å²) in [4.78, 5) is 16.9. The number of aryl methyl sites for hydroxylation is 1. The number of alkyl halides is 1. The summed E-state index contributed by atoms with van der Waals surface area (Å²) in [6.07, 6.45) is 5.53. The first-order valence-corrected chi connectivity index (χ1v) is 7.41. The molecule has 0 bridgehead atoms. The summed E-state index contributed by atoms with van der Waals surface area (Å²) in [5.74, 6) is 0.998. The molecule has 5 heteroatoms. The minimum absolute atomic E-state index is 0.00704. The lowest BCUT2D eigenvalue weighted by Crippen LogP contribution is -2.22. The number of nitrogens with zero attached hydrogens (tertiary/aromatic N) is 2. The fourth-order valence-electron chi connectivity index (χ4n) is 3.02. The second kappa shape index (κ2) is 5.00. The summed E-state index contributed by atoms with van der Waals surface area (Å²) >= 11 is 5.75. The Morgan fingerprint density at radius 3 is 2.89 bits per heavy atom. The van der Waals surface area contributed by atoms with Crippen LogP contribution in [0, 0.1) is 6.92 Å². The molecule has 4 nitrogen and oxygen atoms in total. The van der Waals surface area contributed by atoms with Gasteiger partial charge in [0.15, 0.2) is 5.65 Å². The Morgan fingerprint density at radius 1 is 1.47 bits per heavy atom. The molecule has 19 heavy (non-hydrogen) atoms. The van der Waals surface area contributed by atoms with Crippen LogP contribution in [0.2, 0.25) is 0 Å². The van der Waals surface area contributed by atoms with Crippen molar-refractivity contribution in [2.75, 3.05) is 5.88 Å². The summed E-state index contributed by atoms with van der Waals surface area (Å²) < 4.78 is 1.57. The Labute approximate surface area is 116 Å². The van der Waals surface area contributed by atoms with Crippen molar-refractivity contribution < 1.29 is 0 Å². The smallest absolute Gasteiger partial charge is 0.276 e. The van der Waals surface area contributed by atoms with Crippen LogP contribution in [0.5, 0.6) is 0 Å². The van der Waals surface area contributed by atoms with Crippen LogP contribution in [0.4, 0.5) is 0 Å². The van der Waals surface area contributed by atoms with Crippen LogP contribution in [0.3, 0.4) is 0 Å². The minimum Gasteiger partial charge on any atom is -0.293 e. The second-order valence-corrected chi connectivity index (χ2v) is 5.68. The molecule has 2 heterocycles. The van der Waals surface area contributed by atoms with Crippen LogP contribution in [-0.2, 0) is 6.42 Å². The van der Waals surface area contributed by atoms with E-state index in [1.807, 2.05) is 13.0 Å². The van der Waals surface area contributed by atoms with Gasteiger partial charge in [-0.05, 0) is 26.2 Å². The van der Waals surface area contributed by atoms with Crippen LogP contribution in [0.1, 0.15) is 48.6 Å². The van der Waals surface area contributed by atoms with Crippen molar-refractivity contribution in [3.05, 3.63) is 33.4 Å². The third-order valence-corrected chi connectivity index (χ3v) is 4.26. The number of hydrogen-bond donors (Lipinski definition) is 1. The first kappa shape index (κ1) is 12.7. The van der Waals surface area contributed by atoms with Crippen molar-refractivity contribution in [2.45, 2.75) is 44.9 Å². The summed E-state index contributed by atoms with van der Waals surface area (Å²) in [6, 6.07) is 2.02. The number of aromatic amines is 1. The van der Waals surface area contributed by atoms with Gasteiger partial charge in [-0.2, -0.15) is 0 Å². The van der Waals surface area contributed by atoms with Crippen molar-refractivity contribution in [3.8, 4) is 0 Å². The highest BCUT2D eigenvalue weighted by Gasteiger charge is 2.20. The number of halogens is 1. The number of aromatic nitrogens is 3. The molecular formula is C14H18ClN3O. The molecule has 1 aliphatic rings. The summed E-state index contributed by atoms with van der Waals surface area (Å²) in [5.41, 5.74) is 3.37. The van der Waals surface area contributed by atoms with Crippen molar-refractivity contribution >= 4 is 17.2 Å². The molecule has 1 N–H and O–H groups in total. The summed E-state index contributed by atoms with van der Waals surface area (Å²) in [7, 11) is 0. The Hall–Kier alpha value is -1.29. The lowest BCUT2D eigenvalue weighted by Gasteiger charge is -2.04. The van der Waals surface area contributed by atoms with Crippen molar-refractivity contribution in [3.63, 3.8) is 0 Å². The molecule has 1 aliphatic carbocycles. The number of hydrogen-bond acceptors (Lipinski definition) is 2. The van der Waals surface area contributed by atoms with Gasteiger partial charge in [0, 0.05) is 34.8 Å². The van der Waals surface area contributed by atoms with Gasteiger partial charge >= 0.3 is 0 Å². The van der Waals surface area contributed by atoms with Gasteiger partial charge in [0.25, 0.3) is 5.56 Å². The largest absolute Gasteiger partial charge is 0.293 e. The topological polar surface area (TPSA) is 50.2 Å². The highest BCUT2D eigenvalue weighted by molar-refractivity contribution is 6.18. The molecule has 0 unspecified atom stereocenters. The zero-order valence-corrected chi connectivity index (χ0v) is 11.8. The van der Waals surface area contributed by atoms with E-state index in [1.165, 1.54) is 25.7 Å². The Kier molecular flexibility index (Phi) is 3.35. The Bertz CT molecular complexity index is 652. The SMILES string of the molecule is Cc1nc2cc(C3CCCC3)[nH]n2c(=O)c1CCCl. The molecule has 0 aliphatic heterocycles. The predicted octanol–water partition coefficient (Wildman–Crippen LogP) is 2.77. The van der Waals surface area contributed by atoms with E-state index in [0.717, 1.165) is 17.0 Å². The van der Waals surface area contributed by atoms with E-state index in [0.29, 0.717) is 23.8 Å². The summed E-state index contributed by atoms with van der Waals surface area (Å²) in [6.45, 7) is 1.88. The molecule has 1 saturated carbocycles. The zero-order chi connectivity index (χ0) is 13.4. The first-order valence-electron chi connectivity index (χ1n) is 6.88. The Morgan fingerprint density at radius 2 is 2.21 bits per heavy atom. The van der Waals surface area contributed by atoms with E-state index in [9.17, 15) is 4.79 Å². The van der Waals surface area contributed by atoms with Gasteiger partial charge in [-0.25, -0.2) is 9.50 Å². The first-order chi connectivity index (χ1) is 9.20. The number of nitrogens with one attached hydrogen (secondary N) is 1. The van der Waals surface area contributed by atoms with Crippen molar-refractivity contribution in [2.24, 2.45) is 0 Å². The van der Waals surface area contributed by atoms with Gasteiger partial charge in [0.1, 0.15) is 0 Å². The monoisotopic (exact) mass is 279 g/mol. The molecule has 0 saturated heterocycles. The lowest BCUT2D eigenvalue weighted by atomic mass is 10.1. The van der Waals surface area contributed by atoms with Gasteiger partial charge in [0.05, 0.1) is 0 Å². The highest BCUT2D eigenvalue weighted by Crippen LogP contribution is 2.33. The molecular weight excluding hydrogens is 262 g/mol. The number of fused-ring (bicyclic) bond motifs is 1. The van der Waals surface area contributed by atoms with Gasteiger partial charge < -0.3 is 0 Å². The average Bonchev–Trinajstić information content (AvgIpc) is 3.02. The third-order valence-electron chi connectivity index (χ3n) is 4.07. The molecule has 1 fully saturated rings. The van der Waals surface area contributed by atoms with Crippen LogP contribution in [-0.4, -0.2) is 20.5 Å². The number of rotatable bonds is 3. The number of H-pyrrole nitrogens is 1. The van der Waals surface area contributed by atoms with E-state index in [1.54, 1.807) is 4.52 Å². The van der Waals surface area contributed by atoms with Crippen LogP contribution < -0.4 is 5.56 Å². The van der Waals surface area contributed by atoms with E-state index < -0.39 is 0 Å². The fraction of sp³-hybridized carbons (Fsp3) is 0.571. The molecule has 0 amide bonds. The fourth-order valence-corrected chi connectivity index (χ4v) is 3.21. The lowest BCUT2D eigenvalue weighted by molar-refractivity contribution is 0.680. The van der Waals surface area contributed by atoms with Crippen LogP contribution in [0.15, 0.2) is 10.9 Å². The molecule has 2 aromatic heterocycles. The third kappa shape index (κ3) is 2.18. The molecule has 2 aromatic rings. The van der Waals surface area contributed by atoms with Crippen LogP contribution in [0.25, 0.3) is 5.65 Å². The molecule has 0 atom stereocenters. The maximum Gasteiger partial charge on any atom is 0.276 e. The molecule has 0 radical (unpaired) electrons. The van der Waals surface area contributed by atoms with E-state index >= 15 is 0 Å². The Balaban J connectivity index is 2.12. The molecule has 102 valence electrons. The average molecular weight is 280 g/mol. The zero-order valence-electron chi connectivity index (χ0n) is 11.1. The summed E-state index contributed by atoms with van der Waals surface area (Å²) in [5, 5.41) is 3.23. The van der Waals surface area contributed by atoms with Gasteiger partial charge in [-0.1, -0.05) is 12.8 Å². The predicted molar refractivity (Wildman–Crippen MR) is 76.2 cm³/mol. The minimum atomic E-state index is -0.00704. The normalized spacial score (nSPS) is 16.5. The molecule has 0 spiro atoms. The van der Waals surface area contributed by atoms with E-state index in [2.05, 4.69) is 10.1 Å². The second-order valence-electron chi connectivity index (χ2n) is 5.31. The standard InChI is InChI=1S/C14H18ClN3O/c1-9-11(6-7-15)14(19)18-13(16-9)8-12(17-18)10-4-2-3-5-10/h8,10,17H,2-7H2,1H3. The van der Waals surface area contributed by atoms with Gasteiger partial charge in [0.2, 0.25) is 0 Å². The van der Waals surface area contributed by atoms with Gasteiger partial charge in [-0.15, -0.1) is 11.6 Å². The molecule has 3 rings (SSSR count). The maximum absolute atomic E-state index is 12.4. The van der Waals surface area contributed by atoms with Crippen molar-refractivity contribution in [1.29, 1.82) is 0 Å². The van der Waals surface area contributed by atoms with Gasteiger partial charge in [-0.3, -0.25) is 9.89 Å². The highest BCUT2D eigenvalue weighted by atomic mass is 35.5. The van der Waals surface area contributed by atoms with E-state index in [-0.39, 0.29) is 5.56 Å². The van der Waals surface area contributed by atoms with E-state index in [4.69, 9.17) is 11.6 Å². The molecule has 0 aromatic carbocycles.